The molecule has 0 spiro atoms. The molecule has 1 aliphatic heterocycles. The zero-order valence-corrected chi connectivity index (χ0v) is 11.5. The van der Waals surface area contributed by atoms with Crippen LogP contribution in [0.4, 0.5) is 5.69 Å². The van der Waals surface area contributed by atoms with Crippen molar-refractivity contribution in [2.75, 3.05) is 18.4 Å². The number of rotatable bonds is 3. The van der Waals surface area contributed by atoms with Crippen LogP contribution in [0.5, 0.6) is 0 Å². The second-order valence-electron chi connectivity index (χ2n) is 4.94. The number of quaternary nitrogens is 1. The van der Waals surface area contributed by atoms with Gasteiger partial charge in [0.2, 0.25) is 0 Å². The number of carbonyl (C=O) groups is 1. The second kappa shape index (κ2) is 6.21. The molecule has 0 aromatic heterocycles. The van der Waals surface area contributed by atoms with E-state index in [4.69, 9.17) is 11.6 Å². The Hall–Kier alpha value is -1.06. The maximum atomic E-state index is 12.1. The van der Waals surface area contributed by atoms with Gasteiger partial charge >= 0.3 is 0 Å². The smallest absolute Gasteiger partial charge is 0.282 e. The monoisotopic (exact) mass is 267 g/mol. The molecule has 1 fully saturated rings. The SMILES string of the molecule is C[C@@H](C(=O)Nc1ccc(Cl)cc1)[NH+]1CCCCC1. The van der Waals surface area contributed by atoms with Gasteiger partial charge < -0.3 is 10.2 Å². The van der Waals surface area contributed by atoms with Gasteiger partial charge in [-0.05, 0) is 50.5 Å². The van der Waals surface area contributed by atoms with Gasteiger partial charge in [0.25, 0.3) is 5.91 Å². The summed E-state index contributed by atoms with van der Waals surface area (Å²) in [5, 5.41) is 3.63. The van der Waals surface area contributed by atoms with Crippen LogP contribution in [0.1, 0.15) is 26.2 Å². The van der Waals surface area contributed by atoms with Crippen molar-refractivity contribution in [2.45, 2.75) is 32.2 Å². The molecule has 0 aliphatic carbocycles. The summed E-state index contributed by atoms with van der Waals surface area (Å²) in [4.78, 5) is 13.5. The molecule has 1 atom stereocenters. The van der Waals surface area contributed by atoms with Gasteiger partial charge in [0.05, 0.1) is 13.1 Å². The summed E-state index contributed by atoms with van der Waals surface area (Å²) in [6, 6.07) is 7.25. The first-order valence-corrected chi connectivity index (χ1v) is 6.95. The van der Waals surface area contributed by atoms with Crippen molar-refractivity contribution in [1.29, 1.82) is 0 Å². The summed E-state index contributed by atoms with van der Waals surface area (Å²) in [6.07, 6.45) is 3.76. The van der Waals surface area contributed by atoms with Crippen LogP contribution in [0.25, 0.3) is 0 Å². The third-order valence-electron chi connectivity index (χ3n) is 3.61. The summed E-state index contributed by atoms with van der Waals surface area (Å²) in [6.45, 7) is 4.22. The van der Waals surface area contributed by atoms with Crippen molar-refractivity contribution in [3.8, 4) is 0 Å². The van der Waals surface area contributed by atoms with E-state index in [9.17, 15) is 4.79 Å². The molecule has 1 amide bonds. The second-order valence-corrected chi connectivity index (χ2v) is 5.37. The van der Waals surface area contributed by atoms with Crippen LogP contribution in [-0.4, -0.2) is 25.0 Å². The predicted molar refractivity (Wildman–Crippen MR) is 74.1 cm³/mol. The molecule has 1 aromatic carbocycles. The maximum absolute atomic E-state index is 12.1. The Bertz CT molecular complexity index is 399. The number of nitrogens with one attached hydrogen (secondary N) is 2. The largest absolute Gasteiger partial charge is 0.325 e. The minimum absolute atomic E-state index is 0.0148. The first kappa shape index (κ1) is 13.4. The molecule has 1 aromatic rings. The first-order valence-electron chi connectivity index (χ1n) is 6.58. The summed E-state index contributed by atoms with van der Waals surface area (Å²) in [5.74, 6) is 0.0919. The van der Waals surface area contributed by atoms with Crippen LogP contribution in [0.15, 0.2) is 24.3 Å². The van der Waals surface area contributed by atoms with Crippen LogP contribution in [0.2, 0.25) is 5.02 Å². The number of likely N-dealkylation sites (tertiary alicyclic amines) is 1. The van der Waals surface area contributed by atoms with Gasteiger partial charge in [-0.15, -0.1) is 0 Å². The lowest BCUT2D eigenvalue weighted by atomic mass is 10.1. The van der Waals surface area contributed by atoms with Crippen molar-refractivity contribution in [3.05, 3.63) is 29.3 Å². The molecule has 3 nitrogen and oxygen atoms in total. The average Bonchev–Trinajstić information content (AvgIpc) is 2.41. The van der Waals surface area contributed by atoms with E-state index in [2.05, 4.69) is 5.32 Å². The van der Waals surface area contributed by atoms with Gasteiger partial charge in [0.1, 0.15) is 0 Å². The molecular weight excluding hydrogens is 248 g/mol. The predicted octanol–water partition coefficient (Wildman–Crippen LogP) is 1.74. The van der Waals surface area contributed by atoms with Crippen molar-refractivity contribution >= 4 is 23.2 Å². The summed E-state index contributed by atoms with van der Waals surface area (Å²) >= 11 is 5.82. The van der Waals surface area contributed by atoms with Crippen LogP contribution in [0.3, 0.4) is 0 Å². The van der Waals surface area contributed by atoms with Crippen LogP contribution >= 0.6 is 11.6 Å². The van der Waals surface area contributed by atoms with Crippen molar-refractivity contribution < 1.29 is 9.69 Å². The molecule has 98 valence electrons. The van der Waals surface area contributed by atoms with E-state index in [-0.39, 0.29) is 11.9 Å². The minimum atomic E-state index is 0.0148. The highest BCUT2D eigenvalue weighted by Gasteiger charge is 2.26. The van der Waals surface area contributed by atoms with Crippen LogP contribution in [-0.2, 0) is 4.79 Å². The lowest BCUT2D eigenvalue weighted by Crippen LogP contribution is -3.17. The van der Waals surface area contributed by atoms with Gasteiger partial charge in [0.15, 0.2) is 6.04 Å². The molecule has 2 rings (SSSR count). The van der Waals surface area contributed by atoms with E-state index < -0.39 is 0 Å². The zero-order valence-electron chi connectivity index (χ0n) is 10.7. The van der Waals surface area contributed by atoms with E-state index >= 15 is 0 Å². The molecule has 0 unspecified atom stereocenters. The summed E-state index contributed by atoms with van der Waals surface area (Å²) < 4.78 is 0. The van der Waals surface area contributed by atoms with Gasteiger partial charge in [-0.2, -0.15) is 0 Å². The molecule has 4 heteroatoms. The van der Waals surface area contributed by atoms with E-state index in [0.29, 0.717) is 5.02 Å². The number of amides is 1. The fourth-order valence-corrected chi connectivity index (χ4v) is 2.53. The van der Waals surface area contributed by atoms with Gasteiger partial charge in [0, 0.05) is 10.7 Å². The lowest BCUT2D eigenvalue weighted by molar-refractivity contribution is -0.918. The highest BCUT2D eigenvalue weighted by Crippen LogP contribution is 2.13. The van der Waals surface area contributed by atoms with Gasteiger partial charge in [-0.3, -0.25) is 4.79 Å². The third-order valence-corrected chi connectivity index (χ3v) is 3.87. The molecule has 2 N–H and O–H groups in total. The fraction of sp³-hybridized carbons (Fsp3) is 0.500. The quantitative estimate of drug-likeness (QED) is 0.859. The van der Waals surface area contributed by atoms with Crippen molar-refractivity contribution in [1.82, 2.24) is 0 Å². The Morgan fingerprint density at radius 1 is 1.22 bits per heavy atom. The molecule has 0 radical (unpaired) electrons. The molecule has 1 saturated heterocycles. The van der Waals surface area contributed by atoms with Crippen LogP contribution in [0, 0.1) is 0 Å². The average molecular weight is 268 g/mol. The molecule has 1 heterocycles. The number of halogens is 1. The Morgan fingerprint density at radius 3 is 2.44 bits per heavy atom. The highest BCUT2D eigenvalue weighted by atomic mass is 35.5. The number of carbonyl (C=O) groups excluding carboxylic acids is 1. The Labute approximate surface area is 113 Å². The standard InChI is InChI=1S/C14H19ClN2O/c1-11(17-9-3-2-4-10-17)14(18)16-13-7-5-12(15)6-8-13/h5-8,11H,2-4,9-10H2,1H3,(H,16,18)/p+1/t11-/m0/s1. The van der Waals surface area contributed by atoms with E-state index in [1.54, 1.807) is 12.1 Å². The first-order chi connectivity index (χ1) is 8.66. The van der Waals surface area contributed by atoms with E-state index in [1.807, 2.05) is 19.1 Å². The van der Waals surface area contributed by atoms with Crippen molar-refractivity contribution in [2.24, 2.45) is 0 Å². The normalized spacial score (nSPS) is 18.3. The van der Waals surface area contributed by atoms with Crippen molar-refractivity contribution in [3.63, 3.8) is 0 Å². The summed E-state index contributed by atoms with van der Waals surface area (Å²) in [5.41, 5.74) is 0.813. The fourth-order valence-electron chi connectivity index (χ4n) is 2.41. The number of anilines is 1. The number of hydrogen-bond donors (Lipinski definition) is 2. The Balaban J connectivity index is 1.92. The number of piperidine rings is 1. The molecule has 0 saturated carbocycles. The Morgan fingerprint density at radius 2 is 1.83 bits per heavy atom. The lowest BCUT2D eigenvalue weighted by Gasteiger charge is -2.28. The molecule has 1 aliphatic rings. The van der Waals surface area contributed by atoms with E-state index in [1.165, 1.54) is 24.2 Å². The van der Waals surface area contributed by atoms with Crippen LogP contribution < -0.4 is 10.2 Å². The minimum Gasteiger partial charge on any atom is -0.325 e. The molecule has 0 bridgehead atoms. The molecule has 18 heavy (non-hydrogen) atoms. The summed E-state index contributed by atoms with van der Waals surface area (Å²) in [7, 11) is 0. The van der Waals surface area contributed by atoms with Gasteiger partial charge in [-0.1, -0.05) is 11.6 Å². The van der Waals surface area contributed by atoms with E-state index in [0.717, 1.165) is 18.8 Å². The Kier molecular flexibility index (Phi) is 4.61. The number of hydrogen-bond acceptors (Lipinski definition) is 1. The zero-order chi connectivity index (χ0) is 13.0. The number of benzene rings is 1. The topological polar surface area (TPSA) is 33.5 Å². The highest BCUT2D eigenvalue weighted by molar-refractivity contribution is 6.30. The van der Waals surface area contributed by atoms with Gasteiger partial charge in [-0.25, -0.2) is 0 Å². The maximum Gasteiger partial charge on any atom is 0.282 e. The molecular formula is C14H20ClN2O+. The third kappa shape index (κ3) is 3.47.